The van der Waals surface area contributed by atoms with Crippen molar-refractivity contribution in [3.8, 4) is 6.07 Å². The highest BCUT2D eigenvalue weighted by atomic mass is 16.6. The maximum Gasteiger partial charge on any atom is 0.263 e. The van der Waals surface area contributed by atoms with Crippen LogP contribution in [0.5, 0.6) is 0 Å². The molecule has 1 fully saturated rings. The average molecular weight is 317 g/mol. The summed E-state index contributed by atoms with van der Waals surface area (Å²) in [4.78, 5) is 28.9. The van der Waals surface area contributed by atoms with Crippen molar-refractivity contribution in [1.29, 1.82) is 5.26 Å². The maximum absolute atomic E-state index is 12.0. The molecule has 0 aliphatic carbocycles. The average Bonchev–Trinajstić information content (AvgIpc) is 2.58. The topological polar surface area (TPSA) is 121 Å². The molecule has 1 aliphatic heterocycles. The minimum absolute atomic E-state index is 0.101. The van der Waals surface area contributed by atoms with Crippen LogP contribution in [0, 0.1) is 11.3 Å². The second kappa shape index (κ2) is 8.05. The molecule has 122 valence electrons. The third kappa shape index (κ3) is 4.89. The summed E-state index contributed by atoms with van der Waals surface area (Å²) in [5, 5.41) is 12.4. The van der Waals surface area contributed by atoms with Gasteiger partial charge in [-0.3, -0.25) is 4.79 Å². The molecule has 0 saturated carbocycles. The van der Waals surface area contributed by atoms with Crippen LogP contribution in [0.1, 0.15) is 12.5 Å². The summed E-state index contributed by atoms with van der Waals surface area (Å²) in [6.07, 6.45) is 4.42. The summed E-state index contributed by atoms with van der Waals surface area (Å²) in [5.74, 6) is 0.445. The normalized spacial score (nSPS) is 16.2. The molecule has 1 atom stereocenters. The van der Waals surface area contributed by atoms with Crippen LogP contribution in [0.4, 0.5) is 5.95 Å². The Labute approximate surface area is 134 Å². The van der Waals surface area contributed by atoms with Crippen LogP contribution in [-0.4, -0.2) is 65.8 Å². The van der Waals surface area contributed by atoms with Crippen molar-refractivity contribution in [2.75, 3.05) is 37.7 Å². The van der Waals surface area contributed by atoms with Gasteiger partial charge in [0.25, 0.3) is 5.91 Å². The van der Waals surface area contributed by atoms with E-state index in [-0.39, 0.29) is 18.6 Å². The van der Waals surface area contributed by atoms with Crippen LogP contribution in [0.2, 0.25) is 0 Å². The van der Waals surface area contributed by atoms with Gasteiger partial charge >= 0.3 is 0 Å². The second-order valence-electron chi connectivity index (χ2n) is 5.14. The Kier molecular flexibility index (Phi) is 5.82. The Morgan fingerprint density at radius 1 is 1.48 bits per heavy atom. The van der Waals surface area contributed by atoms with Crippen molar-refractivity contribution in [3.63, 3.8) is 0 Å². The number of carbonyl (C=O) groups excluding carboxylic acids is 1. The number of nitrogens with zero attached hydrogens (tertiary/aromatic N) is 6. The molecule has 2 rings (SSSR count). The van der Waals surface area contributed by atoms with E-state index < -0.39 is 0 Å². The van der Waals surface area contributed by atoms with E-state index in [1.54, 1.807) is 11.8 Å². The van der Waals surface area contributed by atoms with E-state index in [1.165, 1.54) is 18.6 Å². The summed E-state index contributed by atoms with van der Waals surface area (Å²) < 4.78 is 0. The first-order valence-corrected chi connectivity index (χ1v) is 7.26. The van der Waals surface area contributed by atoms with Gasteiger partial charge in [0.05, 0.1) is 24.2 Å². The van der Waals surface area contributed by atoms with Gasteiger partial charge in [-0.2, -0.15) is 5.26 Å². The van der Waals surface area contributed by atoms with E-state index in [0.29, 0.717) is 37.7 Å². The highest BCUT2D eigenvalue weighted by Gasteiger charge is 2.22. The fourth-order valence-corrected chi connectivity index (χ4v) is 2.02. The van der Waals surface area contributed by atoms with Crippen LogP contribution >= 0.6 is 0 Å². The van der Waals surface area contributed by atoms with Gasteiger partial charge in [-0.1, -0.05) is 5.16 Å². The van der Waals surface area contributed by atoms with Gasteiger partial charge in [0.15, 0.2) is 6.61 Å². The lowest BCUT2D eigenvalue weighted by atomic mass is 10.3. The Morgan fingerprint density at radius 3 is 2.70 bits per heavy atom. The quantitative estimate of drug-likeness (QED) is 0.565. The lowest BCUT2D eigenvalue weighted by molar-refractivity contribution is -0.136. The van der Waals surface area contributed by atoms with E-state index in [1.807, 2.05) is 11.0 Å². The van der Waals surface area contributed by atoms with E-state index in [4.69, 9.17) is 15.8 Å². The molecule has 9 heteroatoms. The molecular weight excluding hydrogens is 298 g/mol. The number of nitrogens with two attached hydrogens (primary N) is 1. The number of amides is 1. The summed E-state index contributed by atoms with van der Waals surface area (Å²) in [6.45, 7) is 4.03. The number of aromatic nitrogens is 2. The largest absolute Gasteiger partial charge is 0.386 e. The summed E-state index contributed by atoms with van der Waals surface area (Å²) in [6, 6.07) is 1.77. The second-order valence-corrected chi connectivity index (χ2v) is 5.14. The molecule has 0 aromatic carbocycles. The number of hydrogen-bond donors (Lipinski definition) is 1. The zero-order valence-corrected chi connectivity index (χ0v) is 12.9. The molecule has 0 radical (unpaired) electrons. The molecule has 1 aromatic heterocycles. The number of oxime groups is 1. The summed E-state index contributed by atoms with van der Waals surface area (Å²) in [7, 11) is 0. The van der Waals surface area contributed by atoms with Crippen molar-refractivity contribution in [2.45, 2.75) is 13.0 Å². The SMILES string of the molecule is CC(N)/C=N/OCC(=O)N1CCN(c2ncc(C#N)cn2)CC1. The van der Waals surface area contributed by atoms with Crippen molar-refractivity contribution >= 4 is 18.1 Å². The predicted molar refractivity (Wildman–Crippen MR) is 83.6 cm³/mol. The van der Waals surface area contributed by atoms with Crippen LogP contribution in [0.15, 0.2) is 17.5 Å². The molecular formula is C14H19N7O2. The number of piperazine rings is 1. The van der Waals surface area contributed by atoms with Crippen molar-refractivity contribution in [1.82, 2.24) is 14.9 Å². The number of rotatable bonds is 5. The van der Waals surface area contributed by atoms with Crippen LogP contribution in [-0.2, 0) is 9.63 Å². The third-order valence-electron chi connectivity index (χ3n) is 3.24. The molecule has 1 aromatic rings. The Balaban J connectivity index is 1.78. The van der Waals surface area contributed by atoms with Gasteiger partial charge in [0.2, 0.25) is 5.95 Å². The zero-order chi connectivity index (χ0) is 16.7. The number of anilines is 1. The van der Waals surface area contributed by atoms with E-state index in [9.17, 15) is 4.79 Å². The molecule has 1 amide bonds. The molecule has 1 saturated heterocycles. The molecule has 0 bridgehead atoms. The Hall–Kier alpha value is -2.73. The van der Waals surface area contributed by atoms with E-state index in [2.05, 4.69) is 15.1 Å². The summed E-state index contributed by atoms with van der Waals surface area (Å²) in [5.41, 5.74) is 5.90. The number of carbonyl (C=O) groups is 1. The zero-order valence-electron chi connectivity index (χ0n) is 12.9. The highest BCUT2D eigenvalue weighted by Crippen LogP contribution is 2.10. The minimum atomic E-state index is -0.207. The van der Waals surface area contributed by atoms with Crippen LogP contribution < -0.4 is 10.6 Å². The first-order valence-electron chi connectivity index (χ1n) is 7.26. The molecule has 23 heavy (non-hydrogen) atoms. The van der Waals surface area contributed by atoms with Crippen LogP contribution in [0.25, 0.3) is 0 Å². The molecule has 2 N–H and O–H groups in total. The summed E-state index contributed by atoms with van der Waals surface area (Å²) >= 11 is 0. The predicted octanol–water partition coefficient (Wildman–Crippen LogP) is -0.654. The van der Waals surface area contributed by atoms with Gasteiger partial charge in [-0.15, -0.1) is 0 Å². The van der Waals surface area contributed by atoms with Gasteiger partial charge in [-0.25, -0.2) is 9.97 Å². The van der Waals surface area contributed by atoms with Crippen LogP contribution in [0.3, 0.4) is 0 Å². The molecule has 0 spiro atoms. The molecule has 2 heterocycles. The van der Waals surface area contributed by atoms with Crippen molar-refractivity contribution in [3.05, 3.63) is 18.0 Å². The highest BCUT2D eigenvalue weighted by molar-refractivity contribution is 5.77. The minimum Gasteiger partial charge on any atom is -0.386 e. The third-order valence-corrected chi connectivity index (χ3v) is 3.24. The number of hydrogen-bond acceptors (Lipinski definition) is 8. The van der Waals surface area contributed by atoms with Gasteiger partial charge in [-0.05, 0) is 6.92 Å². The van der Waals surface area contributed by atoms with E-state index in [0.717, 1.165) is 0 Å². The monoisotopic (exact) mass is 317 g/mol. The van der Waals surface area contributed by atoms with E-state index >= 15 is 0 Å². The van der Waals surface area contributed by atoms with Gasteiger partial charge in [0.1, 0.15) is 6.07 Å². The first kappa shape index (κ1) is 16.6. The lowest BCUT2D eigenvalue weighted by Gasteiger charge is -2.34. The van der Waals surface area contributed by atoms with Gasteiger partial charge in [0, 0.05) is 32.2 Å². The van der Waals surface area contributed by atoms with Crippen molar-refractivity contribution in [2.24, 2.45) is 10.9 Å². The van der Waals surface area contributed by atoms with Crippen molar-refractivity contribution < 1.29 is 9.63 Å². The molecule has 9 nitrogen and oxygen atoms in total. The van der Waals surface area contributed by atoms with Gasteiger partial charge < -0.3 is 20.4 Å². The number of nitriles is 1. The first-order chi connectivity index (χ1) is 11.1. The Bertz CT molecular complexity index is 586. The standard InChI is InChI=1S/C14H19N7O2/c1-11(16)7-19-23-10-13(22)20-2-4-21(5-3-20)14-17-8-12(6-15)9-18-14/h7-9,11H,2-5,10,16H2,1H3/b19-7+. The smallest absolute Gasteiger partial charge is 0.263 e. The maximum atomic E-state index is 12.0. The fourth-order valence-electron chi connectivity index (χ4n) is 2.02. The Morgan fingerprint density at radius 2 is 2.13 bits per heavy atom. The molecule has 1 unspecified atom stereocenters. The lowest BCUT2D eigenvalue weighted by Crippen LogP contribution is -2.50. The molecule has 1 aliphatic rings. The fraction of sp³-hybridized carbons (Fsp3) is 0.500.